The van der Waals surface area contributed by atoms with Crippen molar-refractivity contribution in [2.75, 3.05) is 11.9 Å². The predicted molar refractivity (Wildman–Crippen MR) is 127 cm³/mol. The van der Waals surface area contributed by atoms with Crippen molar-refractivity contribution in [3.8, 4) is 17.7 Å². The summed E-state index contributed by atoms with van der Waals surface area (Å²) in [6.07, 6.45) is -0.661. The van der Waals surface area contributed by atoms with Crippen LogP contribution in [-0.2, 0) is 11.3 Å². The maximum absolute atomic E-state index is 14.8. The largest absolute Gasteiger partial charge is 0.436 e. The van der Waals surface area contributed by atoms with E-state index in [1.807, 2.05) is 6.07 Å². The van der Waals surface area contributed by atoms with Gasteiger partial charge in [0.2, 0.25) is 11.8 Å². The van der Waals surface area contributed by atoms with Gasteiger partial charge < -0.3 is 10.1 Å². The molecule has 0 saturated carbocycles. The van der Waals surface area contributed by atoms with Crippen LogP contribution in [-0.4, -0.2) is 39.4 Å². The van der Waals surface area contributed by atoms with E-state index in [1.165, 1.54) is 34.1 Å². The van der Waals surface area contributed by atoms with Crippen molar-refractivity contribution in [2.45, 2.75) is 26.1 Å². The summed E-state index contributed by atoms with van der Waals surface area (Å²) in [5.74, 6) is -0.983. The zero-order valence-electron chi connectivity index (χ0n) is 18.7. The molecule has 0 bridgehead atoms. The van der Waals surface area contributed by atoms with Crippen LogP contribution in [0.25, 0.3) is 0 Å². The second-order valence-electron chi connectivity index (χ2n) is 7.76. The quantitative estimate of drug-likeness (QED) is 0.488. The molecule has 35 heavy (non-hydrogen) atoms. The molecular weight excluding hydrogens is 473 g/mol. The van der Waals surface area contributed by atoms with Crippen LogP contribution in [0.2, 0.25) is 5.02 Å². The maximum atomic E-state index is 14.8. The summed E-state index contributed by atoms with van der Waals surface area (Å²) in [4.78, 5) is 32.3. The van der Waals surface area contributed by atoms with Gasteiger partial charge in [-0.05, 0) is 42.8 Å². The standard InChI is InChI=1S/C25H21ClFN5O3/c1-2-31-24(33)13-22(32(25(31)34)15-16-6-8-17(26)9-7-16)29-18-10-11-21(20(27)12-18)35-23-5-3-4-19(14-28)30-23/h3-12,22,29H,2,13,15H2,1H3. The van der Waals surface area contributed by atoms with Crippen LogP contribution in [0, 0.1) is 17.1 Å². The Balaban J connectivity index is 1.54. The number of urea groups is 1. The van der Waals surface area contributed by atoms with Crippen molar-refractivity contribution < 1.29 is 18.7 Å². The van der Waals surface area contributed by atoms with Crippen molar-refractivity contribution >= 4 is 29.2 Å². The van der Waals surface area contributed by atoms with E-state index in [2.05, 4.69) is 10.3 Å². The number of pyridine rings is 1. The first-order valence-electron chi connectivity index (χ1n) is 10.8. The molecule has 10 heteroatoms. The first-order valence-corrected chi connectivity index (χ1v) is 11.2. The molecule has 8 nitrogen and oxygen atoms in total. The SMILES string of the molecule is CCN1C(=O)CC(Nc2ccc(Oc3cccc(C#N)n3)c(F)c2)N(Cc2ccc(Cl)cc2)C1=O. The fourth-order valence-corrected chi connectivity index (χ4v) is 3.82. The zero-order valence-corrected chi connectivity index (χ0v) is 19.5. The van der Waals surface area contributed by atoms with Gasteiger partial charge in [0.15, 0.2) is 11.6 Å². The average Bonchev–Trinajstić information content (AvgIpc) is 2.85. The molecule has 2 heterocycles. The minimum absolute atomic E-state index is 0.0257. The Kier molecular flexibility index (Phi) is 7.13. The Labute approximate surface area is 206 Å². The summed E-state index contributed by atoms with van der Waals surface area (Å²) in [6.45, 7) is 2.23. The fourth-order valence-electron chi connectivity index (χ4n) is 3.70. The van der Waals surface area contributed by atoms with Gasteiger partial charge in [0.05, 0.1) is 6.42 Å². The molecule has 1 atom stereocenters. The first-order chi connectivity index (χ1) is 16.9. The number of anilines is 1. The topological polar surface area (TPSA) is 98.6 Å². The molecule has 0 radical (unpaired) electrons. The molecule has 3 amide bonds. The number of nitriles is 1. The van der Waals surface area contributed by atoms with Crippen LogP contribution in [0.1, 0.15) is 24.6 Å². The van der Waals surface area contributed by atoms with E-state index in [1.54, 1.807) is 43.3 Å². The summed E-state index contributed by atoms with van der Waals surface area (Å²) in [5, 5.41) is 12.6. The molecule has 1 aliphatic heterocycles. The van der Waals surface area contributed by atoms with E-state index in [4.69, 9.17) is 21.6 Å². The Morgan fingerprint density at radius 1 is 1.20 bits per heavy atom. The number of amides is 3. The molecule has 1 aliphatic rings. The molecular formula is C25H21ClFN5O3. The predicted octanol–water partition coefficient (Wildman–Crippen LogP) is 5.15. The van der Waals surface area contributed by atoms with E-state index in [9.17, 15) is 14.0 Å². The summed E-state index contributed by atoms with van der Waals surface area (Å²) in [6, 6.07) is 17.3. The Hall–Kier alpha value is -4.16. The van der Waals surface area contributed by atoms with Gasteiger partial charge in [-0.25, -0.2) is 14.2 Å². The van der Waals surface area contributed by atoms with E-state index in [0.717, 1.165) is 5.56 Å². The zero-order chi connectivity index (χ0) is 24.9. The smallest absolute Gasteiger partial charge is 0.328 e. The monoisotopic (exact) mass is 493 g/mol. The number of aromatic nitrogens is 1. The third kappa shape index (κ3) is 5.50. The van der Waals surface area contributed by atoms with Crippen molar-refractivity contribution in [1.29, 1.82) is 5.26 Å². The number of hydrogen-bond donors (Lipinski definition) is 1. The minimum Gasteiger partial charge on any atom is -0.436 e. The van der Waals surface area contributed by atoms with E-state index in [-0.39, 0.29) is 42.7 Å². The maximum Gasteiger partial charge on any atom is 0.328 e. The summed E-state index contributed by atoms with van der Waals surface area (Å²) in [7, 11) is 0. The van der Waals surface area contributed by atoms with Crippen LogP contribution in [0.3, 0.4) is 0 Å². The molecule has 1 N–H and O–H groups in total. The Morgan fingerprint density at radius 2 is 1.97 bits per heavy atom. The molecule has 4 rings (SSSR count). The highest BCUT2D eigenvalue weighted by atomic mass is 35.5. The molecule has 178 valence electrons. The highest BCUT2D eigenvalue weighted by Crippen LogP contribution is 2.28. The number of benzene rings is 2. The number of ether oxygens (including phenoxy) is 1. The molecule has 1 aromatic heterocycles. The van der Waals surface area contributed by atoms with Crippen LogP contribution in [0.15, 0.2) is 60.7 Å². The molecule has 1 unspecified atom stereocenters. The molecule has 0 aliphatic carbocycles. The average molecular weight is 494 g/mol. The van der Waals surface area contributed by atoms with Crippen LogP contribution >= 0.6 is 11.6 Å². The van der Waals surface area contributed by atoms with Crippen LogP contribution in [0.4, 0.5) is 14.9 Å². The first kappa shape index (κ1) is 24.0. The van der Waals surface area contributed by atoms with Gasteiger partial charge in [0.1, 0.15) is 17.9 Å². The third-order valence-corrected chi connectivity index (χ3v) is 5.67. The van der Waals surface area contributed by atoms with E-state index in [0.29, 0.717) is 10.7 Å². The van der Waals surface area contributed by atoms with Gasteiger partial charge in [-0.3, -0.25) is 14.6 Å². The number of rotatable bonds is 7. The molecule has 0 spiro atoms. The third-order valence-electron chi connectivity index (χ3n) is 5.42. The number of imide groups is 1. The van der Waals surface area contributed by atoms with Crippen molar-refractivity contribution in [2.24, 2.45) is 0 Å². The van der Waals surface area contributed by atoms with E-state index < -0.39 is 18.0 Å². The summed E-state index contributed by atoms with van der Waals surface area (Å²) < 4.78 is 20.3. The van der Waals surface area contributed by atoms with Gasteiger partial charge >= 0.3 is 6.03 Å². The Morgan fingerprint density at radius 3 is 2.66 bits per heavy atom. The number of nitrogens with zero attached hydrogens (tertiary/aromatic N) is 4. The van der Waals surface area contributed by atoms with Crippen molar-refractivity contribution in [3.63, 3.8) is 0 Å². The van der Waals surface area contributed by atoms with Gasteiger partial charge in [-0.2, -0.15) is 5.26 Å². The number of halogens is 2. The summed E-state index contributed by atoms with van der Waals surface area (Å²) >= 11 is 5.97. The lowest BCUT2D eigenvalue weighted by molar-refractivity contribution is -0.132. The highest BCUT2D eigenvalue weighted by Gasteiger charge is 2.38. The lowest BCUT2D eigenvalue weighted by atomic mass is 10.1. The van der Waals surface area contributed by atoms with Crippen molar-refractivity contribution in [3.05, 3.63) is 82.8 Å². The second-order valence-corrected chi connectivity index (χ2v) is 8.20. The van der Waals surface area contributed by atoms with Gasteiger partial charge in [0.25, 0.3) is 0 Å². The lowest BCUT2D eigenvalue weighted by Crippen LogP contribution is -2.58. The molecule has 1 fully saturated rings. The number of carbonyl (C=O) groups excluding carboxylic acids is 2. The summed E-state index contributed by atoms with van der Waals surface area (Å²) in [5.41, 5.74) is 1.35. The van der Waals surface area contributed by atoms with Crippen LogP contribution in [0.5, 0.6) is 11.6 Å². The second kappa shape index (κ2) is 10.4. The number of hydrogen-bond acceptors (Lipinski definition) is 6. The van der Waals surface area contributed by atoms with E-state index >= 15 is 0 Å². The van der Waals surface area contributed by atoms with Gasteiger partial charge in [-0.15, -0.1) is 0 Å². The normalized spacial score (nSPS) is 15.7. The number of carbonyl (C=O) groups is 2. The molecule has 1 saturated heterocycles. The number of nitrogens with one attached hydrogen (secondary N) is 1. The van der Waals surface area contributed by atoms with Gasteiger partial charge in [-0.1, -0.05) is 29.8 Å². The highest BCUT2D eigenvalue weighted by molar-refractivity contribution is 6.30. The Bertz CT molecular complexity index is 1300. The van der Waals surface area contributed by atoms with Crippen LogP contribution < -0.4 is 10.1 Å². The lowest BCUT2D eigenvalue weighted by Gasteiger charge is -2.40. The van der Waals surface area contributed by atoms with Gasteiger partial charge in [0, 0.05) is 35.9 Å². The fraction of sp³-hybridized carbons (Fsp3) is 0.200. The van der Waals surface area contributed by atoms with Crippen molar-refractivity contribution in [1.82, 2.24) is 14.8 Å². The molecule has 3 aromatic rings. The molecule has 2 aromatic carbocycles. The minimum atomic E-state index is -0.686.